The van der Waals surface area contributed by atoms with Gasteiger partial charge in [0.05, 0.1) is 11.6 Å². The summed E-state index contributed by atoms with van der Waals surface area (Å²) < 4.78 is 0. The first-order valence-corrected chi connectivity index (χ1v) is 15.4. The molecule has 0 aromatic rings. The van der Waals surface area contributed by atoms with Gasteiger partial charge in [-0.05, 0) is 96.4 Å². The van der Waals surface area contributed by atoms with E-state index in [1.165, 1.54) is 5.57 Å². The van der Waals surface area contributed by atoms with Crippen molar-refractivity contribution in [2.24, 2.45) is 50.2 Å². The Hall–Kier alpha value is -2.09. The van der Waals surface area contributed by atoms with Crippen LogP contribution >= 0.6 is 0 Å². The Morgan fingerprint density at radius 1 is 1.03 bits per heavy atom. The molecule has 5 aliphatic carbocycles. The molecular weight excluding hydrogens is 484 g/mol. The molecule has 0 bridgehead atoms. The van der Waals surface area contributed by atoms with Gasteiger partial charge in [-0.2, -0.15) is 5.26 Å². The summed E-state index contributed by atoms with van der Waals surface area (Å²) in [6, 6.07) is 2.32. The predicted molar refractivity (Wildman–Crippen MR) is 151 cm³/mol. The van der Waals surface area contributed by atoms with Gasteiger partial charge in [-0.3, -0.25) is 9.59 Å². The van der Waals surface area contributed by atoms with Crippen LogP contribution < -0.4 is 0 Å². The number of hydrogen-bond donors (Lipinski definition) is 1. The highest BCUT2D eigenvalue weighted by atomic mass is 16.3. The second kappa shape index (κ2) is 8.01. The van der Waals surface area contributed by atoms with Gasteiger partial charge in [-0.15, -0.1) is 0 Å². The zero-order valence-electron chi connectivity index (χ0n) is 25.2. The van der Waals surface area contributed by atoms with Gasteiger partial charge < -0.3 is 10.0 Å². The van der Waals surface area contributed by atoms with E-state index in [0.29, 0.717) is 18.4 Å². The van der Waals surface area contributed by atoms with Crippen molar-refractivity contribution in [1.82, 2.24) is 4.90 Å². The molecule has 1 aliphatic heterocycles. The zero-order valence-corrected chi connectivity index (χ0v) is 25.2. The highest BCUT2D eigenvalue weighted by molar-refractivity contribution is 5.95. The van der Waals surface area contributed by atoms with Crippen LogP contribution in [0.25, 0.3) is 0 Å². The van der Waals surface area contributed by atoms with E-state index in [9.17, 15) is 20.0 Å². The van der Waals surface area contributed by atoms with E-state index in [-0.39, 0.29) is 62.3 Å². The SMILES string of the molecule is CC1(C)CC[C@]2(CN3CCC3=O)CC[C@]3(C)[C@H](C(=O)C=C4[C@@]5(C)CC(C#N)=C(O)C(C)(C)[C@@H]5CC[C@]43C)[C@@H]2C1. The van der Waals surface area contributed by atoms with E-state index in [1.54, 1.807) is 0 Å². The van der Waals surface area contributed by atoms with Crippen LogP contribution in [-0.2, 0) is 9.59 Å². The molecule has 4 fully saturated rings. The lowest BCUT2D eigenvalue weighted by molar-refractivity contribution is -0.179. The molecule has 0 aromatic carbocycles. The maximum absolute atomic E-state index is 14.6. The molecule has 7 atom stereocenters. The van der Waals surface area contributed by atoms with Crippen molar-refractivity contribution in [3.63, 3.8) is 0 Å². The van der Waals surface area contributed by atoms with Crippen LogP contribution in [0.2, 0.25) is 0 Å². The zero-order chi connectivity index (χ0) is 28.4. The van der Waals surface area contributed by atoms with Crippen molar-refractivity contribution in [1.29, 1.82) is 5.26 Å². The van der Waals surface area contributed by atoms with Crippen LogP contribution in [0.4, 0.5) is 0 Å². The Labute approximate surface area is 235 Å². The number of carbonyl (C=O) groups excluding carboxylic acids is 2. The largest absolute Gasteiger partial charge is 0.511 e. The number of allylic oxidation sites excluding steroid dienone is 4. The molecule has 39 heavy (non-hydrogen) atoms. The number of aliphatic hydroxyl groups is 1. The summed E-state index contributed by atoms with van der Waals surface area (Å²) >= 11 is 0. The van der Waals surface area contributed by atoms with Gasteiger partial charge in [-0.25, -0.2) is 0 Å². The summed E-state index contributed by atoms with van der Waals surface area (Å²) in [6.07, 6.45) is 10.6. The Balaban J connectivity index is 1.47. The number of hydrogen-bond acceptors (Lipinski definition) is 4. The first-order chi connectivity index (χ1) is 18.0. The van der Waals surface area contributed by atoms with Gasteiger partial charge in [-0.1, -0.05) is 54.0 Å². The monoisotopic (exact) mass is 532 g/mol. The summed E-state index contributed by atoms with van der Waals surface area (Å²) in [7, 11) is 0. The summed E-state index contributed by atoms with van der Waals surface area (Å²) in [6.45, 7) is 17.7. The second-order valence-corrected chi connectivity index (χ2v) is 16.4. The highest BCUT2D eigenvalue weighted by Crippen LogP contribution is 2.75. The van der Waals surface area contributed by atoms with E-state index in [2.05, 4.69) is 59.4 Å². The molecule has 5 heteroatoms. The van der Waals surface area contributed by atoms with E-state index in [0.717, 1.165) is 58.0 Å². The fraction of sp³-hybridized carbons (Fsp3) is 0.794. The third-order valence-electron chi connectivity index (χ3n) is 13.8. The molecule has 6 rings (SSSR count). The summed E-state index contributed by atoms with van der Waals surface area (Å²) in [5.74, 6) is 1.23. The predicted octanol–water partition coefficient (Wildman–Crippen LogP) is 7.14. The Kier molecular flexibility index (Phi) is 5.57. The number of carbonyl (C=O) groups is 2. The van der Waals surface area contributed by atoms with Crippen molar-refractivity contribution in [3.8, 4) is 6.07 Å². The van der Waals surface area contributed by atoms with Gasteiger partial charge >= 0.3 is 0 Å². The maximum Gasteiger partial charge on any atom is 0.224 e. The Bertz CT molecular complexity index is 1250. The lowest BCUT2D eigenvalue weighted by Crippen LogP contribution is -2.66. The number of fused-ring (bicyclic) bond motifs is 7. The Morgan fingerprint density at radius 3 is 2.33 bits per heavy atom. The normalized spacial score (nSPS) is 46.2. The van der Waals surface area contributed by atoms with Crippen molar-refractivity contribution >= 4 is 11.7 Å². The van der Waals surface area contributed by atoms with Gasteiger partial charge in [0, 0.05) is 30.8 Å². The van der Waals surface area contributed by atoms with Crippen LogP contribution in [0.5, 0.6) is 0 Å². The van der Waals surface area contributed by atoms with Crippen LogP contribution in [0.3, 0.4) is 0 Å². The van der Waals surface area contributed by atoms with Crippen molar-refractivity contribution in [3.05, 3.63) is 23.0 Å². The maximum atomic E-state index is 14.6. The molecule has 0 unspecified atom stereocenters. The molecule has 1 amide bonds. The standard InChI is InChI=1S/C34H48N2O3/c1-29(2)11-13-34(20-36-15-9-26(36)38)14-12-33(7)27(22(34)18-29)23(37)16-25-31(5)17-21(19-35)28(39)30(3,4)24(31)8-10-32(25,33)6/h16,22,24,27,39H,8-15,17-18,20H2,1-7H3/t22-,24-,27-,31-,32+,33+,34+/m0/s1. The molecule has 3 saturated carbocycles. The van der Waals surface area contributed by atoms with Gasteiger partial charge in [0.1, 0.15) is 5.76 Å². The minimum atomic E-state index is -0.500. The quantitative estimate of drug-likeness (QED) is 0.383. The lowest BCUT2D eigenvalue weighted by atomic mass is 9.34. The molecule has 0 spiro atoms. The third-order valence-corrected chi connectivity index (χ3v) is 13.8. The molecule has 1 saturated heterocycles. The smallest absolute Gasteiger partial charge is 0.224 e. The minimum Gasteiger partial charge on any atom is -0.511 e. The molecular formula is C34H48N2O3. The summed E-state index contributed by atoms with van der Waals surface area (Å²) in [4.78, 5) is 29.1. The van der Waals surface area contributed by atoms with E-state index in [1.807, 2.05) is 6.08 Å². The third kappa shape index (κ3) is 3.36. The number of amides is 1. The van der Waals surface area contributed by atoms with Gasteiger partial charge in [0.25, 0.3) is 0 Å². The number of aliphatic hydroxyl groups excluding tert-OH is 1. The Morgan fingerprint density at radius 2 is 1.72 bits per heavy atom. The molecule has 1 N–H and O–H groups in total. The summed E-state index contributed by atoms with van der Waals surface area (Å²) in [5, 5.41) is 21.1. The average Bonchev–Trinajstić information content (AvgIpc) is 2.85. The van der Waals surface area contributed by atoms with Gasteiger partial charge in [0.15, 0.2) is 5.78 Å². The van der Waals surface area contributed by atoms with Crippen molar-refractivity contribution in [2.75, 3.05) is 13.1 Å². The van der Waals surface area contributed by atoms with Gasteiger partial charge in [0.2, 0.25) is 5.91 Å². The average molecular weight is 533 g/mol. The fourth-order valence-electron chi connectivity index (χ4n) is 11.2. The molecule has 5 nitrogen and oxygen atoms in total. The van der Waals surface area contributed by atoms with Crippen LogP contribution in [0.1, 0.15) is 106 Å². The second-order valence-electron chi connectivity index (χ2n) is 16.4. The number of likely N-dealkylation sites (tertiary alicyclic amines) is 1. The lowest BCUT2D eigenvalue weighted by Gasteiger charge is -2.70. The van der Waals surface area contributed by atoms with E-state index >= 15 is 0 Å². The van der Waals surface area contributed by atoms with Crippen LogP contribution in [-0.4, -0.2) is 34.8 Å². The first-order valence-electron chi connectivity index (χ1n) is 15.4. The van der Waals surface area contributed by atoms with Crippen molar-refractivity contribution < 1.29 is 14.7 Å². The van der Waals surface area contributed by atoms with Crippen LogP contribution in [0.15, 0.2) is 23.0 Å². The summed E-state index contributed by atoms with van der Waals surface area (Å²) in [5.41, 5.74) is 0.815. The topological polar surface area (TPSA) is 81.4 Å². The van der Waals surface area contributed by atoms with Crippen molar-refractivity contribution in [2.45, 2.75) is 106 Å². The molecule has 212 valence electrons. The highest BCUT2D eigenvalue weighted by Gasteiger charge is 2.70. The first kappa shape index (κ1) is 27.1. The molecule has 1 heterocycles. The van der Waals surface area contributed by atoms with Crippen LogP contribution in [0, 0.1) is 61.6 Å². The number of nitriles is 1. The number of rotatable bonds is 2. The molecule has 0 radical (unpaired) electrons. The number of ketones is 1. The molecule has 0 aromatic heterocycles. The van der Waals surface area contributed by atoms with E-state index < -0.39 is 5.41 Å². The number of nitrogens with zero attached hydrogens (tertiary/aromatic N) is 2. The number of β-lactam (4-membered cyclic amide) rings is 1. The van der Waals surface area contributed by atoms with E-state index in [4.69, 9.17) is 0 Å². The minimum absolute atomic E-state index is 0.0313. The fourth-order valence-corrected chi connectivity index (χ4v) is 11.2. The molecule has 6 aliphatic rings.